The summed E-state index contributed by atoms with van der Waals surface area (Å²) in [5, 5.41) is 5.92. The Morgan fingerprint density at radius 3 is 2.77 bits per heavy atom. The standard InChI is InChI=1S/C23H20ClN3O2S2/c1-14-6-3-4-8-20(14)27-22(29)18-10-9-16(24)12-19(18)26-23(27)31-15(2)21(28)25-13-17-7-5-11-30-17/h3-12,15H,13H2,1-2H3,(H,25,28). The van der Waals surface area contributed by atoms with E-state index in [2.05, 4.69) is 5.32 Å². The van der Waals surface area contributed by atoms with Gasteiger partial charge in [-0.25, -0.2) is 4.98 Å². The van der Waals surface area contributed by atoms with E-state index in [-0.39, 0.29) is 11.5 Å². The first-order valence-corrected chi connectivity index (χ1v) is 11.8. The van der Waals surface area contributed by atoms with E-state index in [0.29, 0.717) is 27.6 Å². The van der Waals surface area contributed by atoms with Crippen LogP contribution in [0.2, 0.25) is 5.02 Å². The monoisotopic (exact) mass is 469 g/mol. The Labute approximate surface area is 193 Å². The van der Waals surface area contributed by atoms with Gasteiger partial charge in [0.2, 0.25) is 5.91 Å². The quantitative estimate of drug-likeness (QED) is 0.311. The van der Waals surface area contributed by atoms with Gasteiger partial charge >= 0.3 is 0 Å². The van der Waals surface area contributed by atoms with Crippen molar-refractivity contribution in [2.75, 3.05) is 0 Å². The highest BCUT2D eigenvalue weighted by molar-refractivity contribution is 8.00. The number of aromatic nitrogens is 2. The molecule has 0 aliphatic carbocycles. The summed E-state index contributed by atoms with van der Waals surface area (Å²) < 4.78 is 1.58. The molecule has 0 saturated heterocycles. The summed E-state index contributed by atoms with van der Waals surface area (Å²) in [6, 6.07) is 16.6. The van der Waals surface area contributed by atoms with Gasteiger partial charge < -0.3 is 5.32 Å². The minimum absolute atomic E-state index is 0.116. The fourth-order valence-corrected chi connectivity index (χ4v) is 4.94. The number of rotatable bonds is 6. The van der Waals surface area contributed by atoms with Crippen LogP contribution < -0.4 is 10.9 Å². The molecule has 2 heterocycles. The predicted octanol–water partition coefficient (Wildman–Crippen LogP) is 5.21. The van der Waals surface area contributed by atoms with E-state index < -0.39 is 5.25 Å². The second kappa shape index (κ2) is 9.26. The molecule has 31 heavy (non-hydrogen) atoms. The highest BCUT2D eigenvalue weighted by atomic mass is 35.5. The van der Waals surface area contributed by atoms with E-state index >= 15 is 0 Å². The zero-order valence-corrected chi connectivity index (χ0v) is 19.4. The molecule has 4 rings (SSSR count). The van der Waals surface area contributed by atoms with Gasteiger partial charge in [-0.15, -0.1) is 11.3 Å². The number of halogens is 1. The molecule has 0 saturated carbocycles. The molecular formula is C23H20ClN3O2S2. The van der Waals surface area contributed by atoms with Crippen molar-refractivity contribution in [1.82, 2.24) is 14.9 Å². The van der Waals surface area contributed by atoms with Crippen LogP contribution >= 0.6 is 34.7 Å². The van der Waals surface area contributed by atoms with Crippen molar-refractivity contribution >= 4 is 51.5 Å². The Balaban J connectivity index is 1.73. The van der Waals surface area contributed by atoms with Crippen LogP contribution in [0.15, 0.2) is 69.9 Å². The summed E-state index contributed by atoms with van der Waals surface area (Å²) in [7, 11) is 0. The number of para-hydroxylation sites is 1. The lowest BCUT2D eigenvalue weighted by molar-refractivity contribution is -0.120. The number of thiophene rings is 1. The molecule has 2 aromatic carbocycles. The number of fused-ring (bicyclic) bond motifs is 1. The van der Waals surface area contributed by atoms with Crippen LogP contribution in [0.1, 0.15) is 17.4 Å². The topological polar surface area (TPSA) is 64.0 Å². The smallest absolute Gasteiger partial charge is 0.266 e. The zero-order chi connectivity index (χ0) is 22.0. The van der Waals surface area contributed by atoms with Gasteiger partial charge in [-0.1, -0.05) is 47.6 Å². The van der Waals surface area contributed by atoms with Crippen molar-refractivity contribution in [2.45, 2.75) is 30.8 Å². The van der Waals surface area contributed by atoms with Gasteiger partial charge in [0.05, 0.1) is 28.4 Å². The number of nitrogens with zero attached hydrogens (tertiary/aromatic N) is 2. The fraction of sp³-hybridized carbons (Fsp3) is 0.174. The molecule has 0 aliphatic heterocycles. The lowest BCUT2D eigenvalue weighted by Crippen LogP contribution is -2.31. The minimum Gasteiger partial charge on any atom is -0.350 e. The summed E-state index contributed by atoms with van der Waals surface area (Å²) >= 11 is 8.98. The first-order valence-electron chi connectivity index (χ1n) is 9.69. The zero-order valence-electron chi connectivity index (χ0n) is 17.0. The third kappa shape index (κ3) is 4.69. The molecule has 2 aromatic heterocycles. The number of nitrogens with one attached hydrogen (secondary N) is 1. The molecule has 1 atom stereocenters. The Bertz CT molecular complexity index is 1300. The van der Waals surface area contributed by atoms with Crippen LogP contribution in [0, 0.1) is 6.92 Å². The Kier molecular flexibility index (Phi) is 6.46. The Hall–Kier alpha value is -2.61. The van der Waals surface area contributed by atoms with Gasteiger partial charge in [-0.05, 0) is 55.1 Å². The molecule has 0 radical (unpaired) electrons. The maximum atomic E-state index is 13.4. The number of carbonyl (C=O) groups excluding carboxylic acids is 1. The van der Waals surface area contributed by atoms with Gasteiger partial charge in [0.25, 0.3) is 5.56 Å². The largest absolute Gasteiger partial charge is 0.350 e. The number of hydrogen-bond donors (Lipinski definition) is 1. The van der Waals surface area contributed by atoms with E-state index in [1.54, 1.807) is 34.1 Å². The molecule has 1 amide bonds. The number of benzene rings is 2. The fourth-order valence-electron chi connectivity index (χ4n) is 3.19. The second-order valence-corrected chi connectivity index (χ2v) is 9.82. The second-order valence-electron chi connectivity index (χ2n) is 7.04. The number of amides is 1. The summed E-state index contributed by atoms with van der Waals surface area (Å²) in [5.74, 6) is -0.116. The summed E-state index contributed by atoms with van der Waals surface area (Å²) in [6.45, 7) is 4.23. The molecule has 8 heteroatoms. The number of thioether (sulfide) groups is 1. The third-order valence-electron chi connectivity index (χ3n) is 4.83. The van der Waals surface area contributed by atoms with E-state index in [1.807, 2.05) is 55.6 Å². The minimum atomic E-state index is -0.446. The van der Waals surface area contributed by atoms with Crippen molar-refractivity contribution < 1.29 is 4.79 Å². The molecule has 0 aliphatic rings. The highest BCUT2D eigenvalue weighted by Crippen LogP contribution is 2.27. The number of aryl methyl sites for hydroxylation is 1. The first kappa shape index (κ1) is 21.6. The van der Waals surface area contributed by atoms with Crippen molar-refractivity contribution in [1.29, 1.82) is 0 Å². The van der Waals surface area contributed by atoms with Crippen LogP contribution in [0.5, 0.6) is 0 Å². The normalized spacial score (nSPS) is 12.1. The maximum absolute atomic E-state index is 13.4. The SMILES string of the molecule is Cc1ccccc1-n1c(SC(C)C(=O)NCc2cccs2)nc2cc(Cl)ccc2c1=O. The van der Waals surface area contributed by atoms with E-state index in [1.165, 1.54) is 11.8 Å². The number of carbonyl (C=O) groups is 1. The van der Waals surface area contributed by atoms with Gasteiger partial charge in [0.15, 0.2) is 5.16 Å². The van der Waals surface area contributed by atoms with Crippen LogP contribution in [0.3, 0.4) is 0 Å². The molecule has 5 nitrogen and oxygen atoms in total. The van der Waals surface area contributed by atoms with E-state index in [9.17, 15) is 9.59 Å². The molecule has 0 spiro atoms. The van der Waals surface area contributed by atoms with Gasteiger partial charge in [-0.2, -0.15) is 0 Å². The number of hydrogen-bond acceptors (Lipinski definition) is 5. The van der Waals surface area contributed by atoms with Gasteiger partial charge in [0.1, 0.15) is 0 Å². The third-order valence-corrected chi connectivity index (χ3v) is 6.99. The molecule has 1 unspecified atom stereocenters. The van der Waals surface area contributed by atoms with Crippen LogP contribution in [0.25, 0.3) is 16.6 Å². The lowest BCUT2D eigenvalue weighted by atomic mass is 10.2. The first-order chi connectivity index (χ1) is 14.9. The molecular weight excluding hydrogens is 450 g/mol. The molecule has 0 bridgehead atoms. The Morgan fingerprint density at radius 2 is 2.03 bits per heavy atom. The molecule has 0 fully saturated rings. The highest BCUT2D eigenvalue weighted by Gasteiger charge is 2.21. The van der Waals surface area contributed by atoms with E-state index in [0.717, 1.165) is 16.1 Å². The molecule has 158 valence electrons. The molecule has 1 N–H and O–H groups in total. The Morgan fingerprint density at radius 1 is 1.23 bits per heavy atom. The summed E-state index contributed by atoms with van der Waals surface area (Å²) in [5.41, 5.74) is 2.00. The van der Waals surface area contributed by atoms with E-state index in [4.69, 9.17) is 16.6 Å². The van der Waals surface area contributed by atoms with Gasteiger partial charge in [-0.3, -0.25) is 14.2 Å². The average molecular weight is 470 g/mol. The predicted molar refractivity (Wildman–Crippen MR) is 129 cm³/mol. The van der Waals surface area contributed by atoms with Crippen molar-refractivity contribution in [3.63, 3.8) is 0 Å². The van der Waals surface area contributed by atoms with Crippen LogP contribution in [0.4, 0.5) is 0 Å². The maximum Gasteiger partial charge on any atom is 0.266 e. The van der Waals surface area contributed by atoms with Gasteiger partial charge in [0, 0.05) is 9.90 Å². The summed E-state index contributed by atoms with van der Waals surface area (Å²) in [4.78, 5) is 31.9. The van der Waals surface area contributed by atoms with Crippen molar-refractivity contribution in [3.8, 4) is 5.69 Å². The average Bonchev–Trinajstić information content (AvgIpc) is 3.26. The lowest BCUT2D eigenvalue weighted by Gasteiger charge is -2.17. The molecule has 4 aromatic rings. The van der Waals surface area contributed by atoms with Crippen LogP contribution in [-0.2, 0) is 11.3 Å². The van der Waals surface area contributed by atoms with Crippen molar-refractivity contribution in [3.05, 3.63) is 85.8 Å². The summed E-state index contributed by atoms with van der Waals surface area (Å²) in [6.07, 6.45) is 0. The van der Waals surface area contributed by atoms with Crippen molar-refractivity contribution in [2.24, 2.45) is 0 Å². The van der Waals surface area contributed by atoms with Crippen LogP contribution in [-0.4, -0.2) is 20.7 Å².